The normalized spacial score (nSPS) is 17.4. The molecule has 0 radical (unpaired) electrons. The molecule has 0 amide bonds. The summed E-state index contributed by atoms with van der Waals surface area (Å²) in [7, 11) is 4.34. The first-order chi connectivity index (χ1) is 20.0. The van der Waals surface area contributed by atoms with Crippen LogP contribution in [0.25, 0.3) is 0 Å². The van der Waals surface area contributed by atoms with Crippen LogP contribution in [-0.2, 0) is 6.42 Å². The van der Waals surface area contributed by atoms with Gasteiger partial charge >= 0.3 is 0 Å². The largest absolute Gasteiger partial charge is 0.359 e. The highest BCUT2D eigenvalue weighted by Crippen LogP contribution is 2.27. The van der Waals surface area contributed by atoms with Crippen LogP contribution >= 0.6 is 0 Å². The van der Waals surface area contributed by atoms with Gasteiger partial charge < -0.3 is 20.4 Å². The number of terminal acetylenes is 1. The minimum absolute atomic E-state index is 0.379. The summed E-state index contributed by atoms with van der Waals surface area (Å²) >= 11 is 0. The van der Waals surface area contributed by atoms with Gasteiger partial charge in [-0.05, 0) is 93.8 Å². The fraction of sp³-hybridized carbons (Fsp3) is 0.351. The van der Waals surface area contributed by atoms with Crippen molar-refractivity contribution in [1.82, 2.24) is 15.1 Å². The number of benzene rings is 3. The molecule has 3 aromatic carbocycles. The molecule has 41 heavy (non-hydrogen) atoms. The van der Waals surface area contributed by atoms with Crippen molar-refractivity contribution >= 4 is 5.69 Å². The summed E-state index contributed by atoms with van der Waals surface area (Å²) < 4.78 is 0. The molecule has 1 aliphatic rings. The molecule has 0 bridgehead atoms. The molecule has 1 heterocycles. The molecule has 2 N–H and O–H groups in total. The molecule has 1 saturated heterocycles. The van der Waals surface area contributed by atoms with Crippen LogP contribution < -0.4 is 10.6 Å². The minimum Gasteiger partial charge on any atom is -0.359 e. The lowest BCUT2D eigenvalue weighted by Gasteiger charge is -2.35. The van der Waals surface area contributed by atoms with Crippen LogP contribution in [0.4, 0.5) is 5.69 Å². The van der Waals surface area contributed by atoms with E-state index in [4.69, 9.17) is 0 Å². The van der Waals surface area contributed by atoms with Crippen molar-refractivity contribution in [1.29, 1.82) is 0 Å². The van der Waals surface area contributed by atoms with E-state index in [1.54, 1.807) is 0 Å². The van der Waals surface area contributed by atoms with E-state index in [2.05, 4.69) is 121 Å². The number of rotatable bonds is 7. The average molecular weight is 547 g/mol. The van der Waals surface area contributed by atoms with Crippen molar-refractivity contribution in [3.05, 3.63) is 114 Å². The predicted octanol–water partition coefficient (Wildman–Crippen LogP) is 6.57. The van der Waals surface area contributed by atoms with Gasteiger partial charge in [0, 0.05) is 48.4 Å². The third kappa shape index (κ3) is 10.2. The zero-order valence-corrected chi connectivity index (χ0v) is 25.1. The fourth-order valence-electron chi connectivity index (χ4n) is 5.27. The number of likely N-dealkylation sites (N-methyl/N-ethyl adjacent to an activating group) is 1. The van der Waals surface area contributed by atoms with E-state index in [-0.39, 0.29) is 0 Å². The Kier molecular flexibility index (Phi) is 13.1. The second kappa shape index (κ2) is 17.0. The molecule has 0 aliphatic carbocycles. The summed E-state index contributed by atoms with van der Waals surface area (Å²) in [5.41, 5.74) is 5.91. The first-order valence-electron chi connectivity index (χ1n) is 14.7. The maximum atomic E-state index is 4.44. The Balaban J connectivity index is 0.00000226. The Bertz CT molecular complexity index is 1260. The van der Waals surface area contributed by atoms with Crippen molar-refractivity contribution in [2.75, 3.05) is 45.6 Å². The van der Waals surface area contributed by atoms with E-state index in [0.29, 0.717) is 12.0 Å². The Labute approximate surface area is 248 Å². The number of hydrogen-bond acceptors (Lipinski definition) is 4. The summed E-state index contributed by atoms with van der Waals surface area (Å²) in [6, 6.07) is 28.2. The van der Waals surface area contributed by atoms with Crippen LogP contribution in [0.3, 0.4) is 0 Å². The molecule has 4 nitrogen and oxygen atoms in total. The van der Waals surface area contributed by atoms with E-state index in [1.165, 1.54) is 11.1 Å². The van der Waals surface area contributed by atoms with Crippen molar-refractivity contribution in [3.63, 3.8) is 0 Å². The molecular weight excluding hydrogens is 500 g/mol. The van der Waals surface area contributed by atoms with E-state index in [9.17, 15) is 0 Å². The Morgan fingerprint density at radius 3 is 2.22 bits per heavy atom. The Hall–Kier alpha value is -3.96. The maximum Gasteiger partial charge on any atom is 0.0983 e. The van der Waals surface area contributed by atoms with Crippen LogP contribution in [-0.4, -0.2) is 56.1 Å². The highest BCUT2D eigenvalue weighted by Gasteiger charge is 2.25. The third-order valence-electron chi connectivity index (χ3n) is 7.52. The molecule has 2 atom stereocenters. The lowest BCUT2D eigenvalue weighted by molar-refractivity contribution is 0.256. The molecule has 0 unspecified atom stereocenters. The van der Waals surface area contributed by atoms with Gasteiger partial charge in [-0.1, -0.05) is 67.8 Å². The highest BCUT2D eigenvalue weighted by atomic mass is 15.2. The van der Waals surface area contributed by atoms with Crippen LogP contribution in [0.2, 0.25) is 0 Å². The van der Waals surface area contributed by atoms with Gasteiger partial charge in [0.1, 0.15) is 0 Å². The number of anilines is 1. The van der Waals surface area contributed by atoms with E-state index < -0.39 is 0 Å². The summed E-state index contributed by atoms with van der Waals surface area (Å²) in [6.45, 7) is 10.6. The second-order valence-corrected chi connectivity index (χ2v) is 10.8. The molecule has 0 spiro atoms. The molecule has 0 aromatic heterocycles. The summed E-state index contributed by atoms with van der Waals surface area (Å²) in [5, 5.41) is 7.47. The number of nitrogens with zero attached hydrogens (tertiary/aromatic N) is 2. The summed E-state index contributed by atoms with van der Waals surface area (Å²) in [6.07, 6.45) is 12.4. The zero-order chi connectivity index (χ0) is 29.5. The predicted molar refractivity (Wildman–Crippen MR) is 176 cm³/mol. The molecule has 0 saturated carbocycles. The van der Waals surface area contributed by atoms with Gasteiger partial charge in [0.2, 0.25) is 0 Å². The van der Waals surface area contributed by atoms with Crippen molar-refractivity contribution in [3.8, 4) is 24.7 Å². The number of aryl methyl sites for hydroxylation is 1. The van der Waals surface area contributed by atoms with E-state index in [0.717, 1.165) is 74.5 Å². The molecule has 4 rings (SSSR count). The van der Waals surface area contributed by atoms with Crippen LogP contribution in [0.5, 0.6) is 0 Å². The van der Waals surface area contributed by atoms with Crippen LogP contribution in [0, 0.1) is 24.7 Å². The third-order valence-corrected chi connectivity index (χ3v) is 7.52. The quantitative estimate of drug-likeness (QED) is 0.328. The first kappa shape index (κ1) is 31.6. The first-order valence-corrected chi connectivity index (χ1v) is 14.7. The molecule has 214 valence electrons. The van der Waals surface area contributed by atoms with Gasteiger partial charge in [-0.2, -0.15) is 0 Å². The SMILES string of the molecule is C#C.C=C(Nc1ccc(CC)cc1)N1CCCCN[C@H](CN(C)C)[C@H](c2ccc(C#Cc3ccccc3)cc2)CC1. The minimum atomic E-state index is 0.379. The zero-order valence-electron chi connectivity index (χ0n) is 25.1. The molecule has 1 aliphatic heterocycles. The number of hydrogen-bond donors (Lipinski definition) is 2. The van der Waals surface area contributed by atoms with Gasteiger partial charge in [-0.25, -0.2) is 0 Å². The highest BCUT2D eigenvalue weighted by molar-refractivity contribution is 5.48. The van der Waals surface area contributed by atoms with Gasteiger partial charge in [0.15, 0.2) is 0 Å². The van der Waals surface area contributed by atoms with Gasteiger partial charge in [-0.15, -0.1) is 12.8 Å². The van der Waals surface area contributed by atoms with Crippen LogP contribution in [0.1, 0.15) is 54.4 Å². The van der Waals surface area contributed by atoms with Gasteiger partial charge in [0.05, 0.1) is 5.82 Å². The lowest BCUT2D eigenvalue weighted by atomic mass is 9.87. The molecule has 4 heteroatoms. The van der Waals surface area contributed by atoms with Crippen molar-refractivity contribution in [2.24, 2.45) is 0 Å². The fourth-order valence-corrected chi connectivity index (χ4v) is 5.27. The Morgan fingerprint density at radius 1 is 0.927 bits per heavy atom. The van der Waals surface area contributed by atoms with Gasteiger partial charge in [0.25, 0.3) is 0 Å². The smallest absolute Gasteiger partial charge is 0.0983 e. The van der Waals surface area contributed by atoms with Gasteiger partial charge in [-0.3, -0.25) is 0 Å². The maximum absolute atomic E-state index is 4.44. The summed E-state index contributed by atoms with van der Waals surface area (Å²) in [4.78, 5) is 4.74. The topological polar surface area (TPSA) is 30.5 Å². The summed E-state index contributed by atoms with van der Waals surface area (Å²) in [5.74, 6) is 7.98. The van der Waals surface area contributed by atoms with Crippen LogP contribution in [0.15, 0.2) is 91.3 Å². The average Bonchev–Trinajstić information content (AvgIpc) is 3.01. The standard InChI is InChI=1S/C35H44N4.C2H2/c1-5-29-17-21-33(22-18-29)37-28(2)39-25-10-9-24-36-35(27-38(3)4)34(23-26-39)32-19-15-31(16-20-32)14-13-30-11-7-6-8-12-30;1-2/h6-8,11-12,15-22,34-37H,2,5,9-10,23-27H2,1,3-4H3;1-2H/t34-,35+;/m0./s1. The second-order valence-electron chi connectivity index (χ2n) is 10.8. The monoisotopic (exact) mass is 546 g/mol. The lowest BCUT2D eigenvalue weighted by Crippen LogP contribution is -2.45. The molecule has 3 aromatic rings. The molecular formula is C37H46N4. The Morgan fingerprint density at radius 2 is 1.59 bits per heavy atom. The molecule has 1 fully saturated rings. The number of nitrogens with one attached hydrogen (secondary N) is 2. The van der Waals surface area contributed by atoms with Crippen molar-refractivity contribution < 1.29 is 0 Å². The van der Waals surface area contributed by atoms with E-state index >= 15 is 0 Å². The van der Waals surface area contributed by atoms with E-state index in [1.807, 2.05) is 30.3 Å². The van der Waals surface area contributed by atoms with Crippen molar-refractivity contribution in [2.45, 2.75) is 44.6 Å².